The van der Waals surface area contributed by atoms with Gasteiger partial charge in [-0.15, -0.1) is 0 Å². The lowest BCUT2D eigenvalue weighted by Gasteiger charge is -2.30. The van der Waals surface area contributed by atoms with Crippen LogP contribution in [-0.4, -0.2) is 30.8 Å². The molecule has 2 rings (SSSR count). The van der Waals surface area contributed by atoms with E-state index in [0.29, 0.717) is 30.5 Å². The molecule has 0 amide bonds. The Morgan fingerprint density at radius 3 is 2.89 bits per heavy atom. The van der Waals surface area contributed by atoms with Crippen molar-refractivity contribution < 1.29 is 8.42 Å². The molecule has 1 aromatic rings. The number of piperidine rings is 1. The Balaban J connectivity index is 2.09. The summed E-state index contributed by atoms with van der Waals surface area (Å²) in [6.45, 7) is 3.20. The van der Waals surface area contributed by atoms with Gasteiger partial charge < -0.3 is 5.73 Å². The zero-order valence-corrected chi connectivity index (χ0v) is 11.2. The summed E-state index contributed by atoms with van der Waals surface area (Å²) in [5.74, 6) is 0.768. The monoisotopic (exact) mass is 270 g/mol. The number of nitrogens with one attached hydrogen (secondary N) is 1. The first kappa shape index (κ1) is 13.1. The van der Waals surface area contributed by atoms with Crippen LogP contribution < -0.4 is 10.5 Å². The third-order valence-corrected chi connectivity index (χ3v) is 4.50. The summed E-state index contributed by atoms with van der Waals surface area (Å²) in [4.78, 5) is 3.86. The van der Waals surface area contributed by atoms with Gasteiger partial charge in [0.2, 0.25) is 0 Å². The van der Waals surface area contributed by atoms with E-state index in [9.17, 15) is 8.42 Å². The molecule has 100 valence electrons. The van der Waals surface area contributed by atoms with Crippen LogP contribution in [0.1, 0.15) is 19.8 Å². The highest BCUT2D eigenvalue weighted by atomic mass is 32.2. The maximum atomic E-state index is 12.1. The van der Waals surface area contributed by atoms with Crippen LogP contribution in [0.4, 0.5) is 11.5 Å². The summed E-state index contributed by atoms with van der Waals surface area (Å²) in [7, 11) is -3.48. The fraction of sp³-hybridized carbons (Fsp3) is 0.545. The Morgan fingerprint density at radius 1 is 1.50 bits per heavy atom. The molecule has 1 aromatic heterocycles. The van der Waals surface area contributed by atoms with Crippen molar-refractivity contribution in [3.63, 3.8) is 0 Å². The van der Waals surface area contributed by atoms with Crippen LogP contribution in [0, 0.1) is 5.92 Å². The number of nitrogens with zero attached hydrogens (tertiary/aromatic N) is 2. The zero-order chi connectivity index (χ0) is 13.2. The maximum absolute atomic E-state index is 12.1. The molecule has 2 heterocycles. The third kappa shape index (κ3) is 3.11. The molecule has 18 heavy (non-hydrogen) atoms. The van der Waals surface area contributed by atoms with Crippen LogP contribution in [0.3, 0.4) is 0 Å². The Bertz CT molecular complexity index is 500. The van der Waals surface area contributed by atoms with Crippen LogP contribution in [0.2, 0.25) is 0 Å². The lowest BCUT2D eigenvalue weighted by atomic mass is 10.0. The van der Waals surface area contributed by atoms with E-state index < -0.39 is 10.2 Å². The number of aromatic nitrogens is 1. The second-order valence-electron chi connectivity index (χ2n) is 4.68. The number of hydrogen-bond acceptors (Lipinski definition) is 4. The van der Waals surface area contributed by atoms with Gasteiger partial charge in [-0.3, -0.25) is 4.72 Å². The van der Waals surface area contributed by atoms with E-state index in [-0.39, 0.29) is 0 Å². The summed E-state index contributed by atoms with van der Waals surface area (Å²) < 4.78 is 28.3. The molecule has 1 fully saturated rings. The molecule has 0 aromatic carbocycles. The number of anilines is 2. The first-order chi connectivity index (χ1) is 8.47. The molecule has 1 unspecified atom stereocenters. The highest BCUT2D eigenvalue weighted by Crippen LogP contribution is 2.20. The lowest BCUT2D eigenvalue weighted by Crippen LogP contribution is -2.42. The smallest absolute Gasteiger partial charge is 0.301 e. The van der Waals surface area contributed by atoms with Gasteiger partial charge >= 0.3 is 10.2 Å². The lowest BCUT2D eigenvalue weighted by molar-refractivity contribution is 0.282. The van der Waals surface area contributed by atoms with Gasteiger partial charge in [0.25, 0.3) is 0 Å². The highest BCUT2D eigenvalue weighted by molar-refractivity contribution is 7.90. The highest BCUT2D eigenvalue weighted by Gasteiger charge is 2.26. The van der Waals surface area contributed by atoms with Gasteiger partial charge in [0.05, 0.1) is 11.9 Å². The van der Waals surface area contributed by atoms with Gasteiger partial charge in [-0.25, -0.2) is 4.98 Å². The number of pyridine rings is 1. The van der Waals surface area contributed by atoms with E-state index in [4.69, 9.17) is 5.73 Å². The molecule has 0 radical (unpaired) electrons. The minimum absolute atomic E-state index is 0.365. The molecular formula is C11H18N4O2S. The molecule has 7 heteroatoms. The number of rotatable bonds is 3. The third-order valence-electron chi connectivity index (χ3n) is 2.99. The molecule has 1 atom stereocenters. The van der Waals surface area contributed by atoms with Gasteiger partial charge in [-0.05, 0) is 30.9 Å². The molecule has 0 aliphatic carbocycles. The number of nitrogens with two attached hydrogens (primary N) is 1. The first-order valence-corrected chi connectivity index (χ1v) is 7.41. The normalized spacial score (nSPS) is 21.7. The molecule has 6 nitrogen and oxygen atoms in total. The minimum Gasteiger partial charge on any atom is -0.384 e. The van der Waals surface area contributed by atoms with Crippen LogP contribution in [0.5, 0.6) is 0 Å². The average molecular weight is 270 g/mol. The Kier molecular flexibility index (Phi) is 3.72. The summed E-state index contributed by atoms with van der Waals surface area (Å²) in [5.41, 5.74) is 5.89. The van der Waals surface area contributed by atoms with E-state index in [1.54, 1.807) is 12.1 Å². The summed E-state index contributed by atoms with van der Waals surface area (Å²) in [6.07, 6.45) is 3.40. The van der Waals surface area contributed by atoms with E-state index >= 15 is 0 Å². The van der Waals surface area contributed by atoms with E-state index in [2.05, 4.69) is 16.6 Å². The molecule has 0 bridgehead atoms. The molecule has 0 spiro atoms. The van der Waals surface area contributed by atoms with Crippen molar-refractivity contribution in [3.05, 3.63) is 18.3 Å². The minimum atomic E-state index is -3.48. The van der Waals surface area contributed by atoms with Crippen molar-refractivity contribution in [1.82, 2.24) is 9.29 Å². The first-order valence-electron chi connectivity index (χ1n) is 5.97. The molecular weight excluding hydrogens is 252 g/mol. The van der Waals surface area contributed by atoms with Crippen molar-refractivity contribution in [1.29, 1.82) is 0 Å². The molecule has 1 saturated heterocycles. The van der Waals surface area contributed by atoms with E-state index in [0.717, 1.165) is 12.8 Å². The maximum Gasteiger partial charge on any atom is 0.301 e. The van der Waals surface area contributed by atoms with Crippen LogP contribution in [0.25, 0.3) is 0 Å². The zero-order valence-electron chi connectivity index (χ0n) is 10.3. The molecule has 0 saturated carbocycles. The second-order valence-corrected chi connectivity index (χ2v) is 6.35. The van der Waals surface area contributed by atoms with Crippen molar-refractivity contribution in [2.75, 3.05) is 23.5 Å². The largest absolute Gasteiger partial charge is 0.384 e. The Hall–Kier alpha value is -1.34. The quantitative estimate of drug-likeness (QED) is 0.859. The summed E-state index contributed by atoms with van der Waals surface area (Å²) in [6, 6.07) is 3.17. The van der Waals surface area contributed by atoms with E-state index in [1.165, 1.54) is 10.5 Å². The van der Waals surface area contributed by atoms with Gasteiger partial charge in [0.1, 0.15) is 5.82 Å². The SMILES string of the molecule is CC1CCCN(S(=O)(=O)Nc2ccc(N)nc2)C1. The van der Waals surface area contributed by atoms with Gasteiger partial charge in [0, 0.05) is 13.1 Å². The number of hydrogen-bond donors (Lipinski definition) is 2. The van der Waals surface area contributed by atoms with Crippen LogP contribution in [-0.2, 0) is 10.2 Å². The number of nitrogen functional groups attached to an aromatic ring is 1. The Morgan fingerprint density at radius 2 is 2.28 bits per heavy atom. The van der Waals surface area contributed by atoms with Crippen LogP contribution in [0.15, 0.2) is 18.3 Å². The summed E-state index contributed by atoms with van der Waals surface area (Å²) in [5, 5.41) is 0. The van der Waals surface area contributed by atoms with Crippen molar-refractivity contribution >= 4 is 21.7 Å². The van der Waals surface area contributed by atoms with Gasteiger partial charge in [-0.2, -0.15) is 12.7 Å². The van der Waals surface area contributed by atoms with Crippen molar-refractivity contribution in [2.24, 2.45) is 5.92 Å². The topological polar surface area (TPSA) is 88.3 Å². The van der Waals surface area contributed by atoms with Crippen molar-refractivity contribution in [3.8, 4) is 0 Å². The van der Waals surface area contributed by atoms with Gasteiger partial charge in [0.15, 0.2) is 0 Å². The molecule has 1 aliphatic rings. The predicted octanol–water partition coefficient (Wildman–Crippen LogP) is 1.05. The molecule has 3 N–H and O–H groups in total. The second kappa shape index (κ2) is 5.11. The fourth-order valence-corrected chi connectivity index (χ4v) is 3.41. The fourth-order valence-electron chi connectivity index (χ4n) is 2.04. The average Bonchev–Trinajstić information content (AvgIpc) is 2.32. The Labute approximate surface area is 107 Å². The van der Waals surface area contributed by atoms with Crippen molar-refractivity contribution in [2.45, 2.75) is 19.8 Å². The summed E-state index contributed by atoms with van der Waals surface area (Å²) >= 11 is 0. The predicted molar refractivity (Wildman–Crippen MR) is 71.2 cm³/mol. The van der Waals surface area contributed by atoms with E-state index in [1.807, 2.05) is 0 Å². The standard InChI is InChI=1S/C11H18N4O2S/c1-9-3-2-6-15(8-9)18(16,17)14-10-4-5-11(12)13-7-10/h4-5,7,9,14H,2-3,6,8H2,1H3,(H2,12,13). The van der Waals surface area contributed by atoms with Gasteiger partial charge in [-0.1, -0.05) is 6.92 Å². The van der Waals surface area contributed by atoms with Crippen LogP contribution >= 0.6 is 0 Å². The molecule has 1 aliphatic heterocycles.